The van der Waals surface area contributed by atoms with Crippen LogP contribution in [0.5, 0.6) is 0 Å². The SMILES string of the molecule is CC(C)(C)OC(=O)NC(C(=O)N1CC2C([C@H]1C(=O)NC(CC1CC1)C(=O)C(N)=O)C2(C)C)C1Cc2ccccc2C1. The highest BCUT2D eigenvalue weighted by atomic mass is 16.6. The number of hydrogen-bond acceptors (Lipinski definition) is 6. The predicted octanol–water partition coefficient (Wildman–Crippen LogP) is 2.12. The molecule has 5 rings (SSSR count). The van der Waals surface area contributed by atoms with E-state index in [0.717, 1.165) is 24.0 Å². The van der Waals surface area contributed by atoms with E-state index in [-0.39, 0.29) is 35.0 Å². The molecule has 1 saturated heterocycles. The number of hydrogen-bond donors (Lipinski definition) is 3. The van der Waals surface area contributed by atoms with Crippen LogP contribution in [-0.2, 0) is 36.8 Å². The second-order valence-electron chi connectivity index (χ2n) is 13.9. The number of amides is 4. The highest BCUT2D eigenvalue weighted by molar-refractivity contribution is 6.37. The third-order valence-electron chi connectivity index (χ3n) is 9.39. The molecule has 1 aromatic rings. The summed E-state index contributed by atoms with van der Waals surface area (Å²) in [7, 11) is 0. The van der Waals surface area contributed by atoms with Gasteiger partial charge >= 0.3 is 6.09 Å². The molecule has 0 spiro atoms. The number of carbonyl (C=O) groups is 5. The summed E-state index contributed by atoms with van der Waals surface area (Å²) in [6.07, 6.45) is 2.77. The van der Waals surface area contributed by atoms with Crippen LogP contribution in [0.3, 0.4) is 0 Å². The van der Waals surface area contributed by atoms with E-state index in [0.29, 0.717) is 25.8 Å². The summed E-state index contributed by atoms with van der Waals surface area (Å²) in [5, 5.41) is 5.64. The van der Waals surface area contributed by atoms with E-state index >= 15 is 0 Å². The summed E-state index contributed by atoms with van der Waals surface area (Å²) in [5.74, 6) is -2.62. The van der Waals surface area contributed by atoms with Gasteiger partial charge in [-0.3, -0.25) is 19.2 Å². The topological polar surface area (TPSA) is 148 Å². The zero-order valence-electron chi connectivity index (χ0n) is 24.6. The first-order valence-corrected chi connectivity index (χ1v) is 14.7. The second-order valence-corrected chi connectivity index (χ2v) is 13.9. The number of nitrogens with two attached hydrogens (primary N) is 1. The van der Waals surface area contributed by atoms with Crippen molar-refractivity contribution in [2.45, 2.75) is 90.4 Å². The number of alkyl carbamates (subject to hydrolysis) is 1. The number of carbonyl (C=O) groups excluding carboxylic acids is 5. The van der Waals surface area contributed by atoms with Gasteiger partial charge in [-0.25, -0.2) is 4.79 Å². The minimum atomic E-state index is -1.08. The molecule has 0 bridgehead atoms. The fraction of sp³-hybridized carbons (Fsp3) is 0.645. The quantitative estimate of drug-likeness (QED) is 0.390. The lowest BCUT2D eigenvalue weighted by molar-refractivity contribution is -0.144. The van der Waals surface area contributed by atoms with Gasteiger partial charge in [-0.1, -0.05) is 51.0 Å². The van der Waals surface area contributed by atoms with Crippen LogP contribution < -0.4 is 16.4 Å². The molecule has 10 nitrogen and oxygen atoms in total. The van der Waals surface area contributed by atoms with Crippen molar-refractivity contribution in [1.29, 1.82) is 0 Å². The standard InChI is InChI=1S/C31H42N4O6/c1-30(2,3)41-29(40)34-23(19-13-17-8-6-7-9-18(17)14-19)28(39)35-15-20-22(31(20,4)5)24(35)27(38)33-21(12-16-10-11-16)25(36)26(32)37/h6-9,16,19-24H,10-15H2,1-5H3,(H2,32,37)(H,33,38)(H,34,40)/t20?,21?,22?,23?,24-/m0/s1. The van der Waals surface area contributed by atoms with Crippen molar-refractivity contribution in [3.8, 4) is 0 Å². The average Bonchev–Trinajstić information content (AvgIpc) is 3.63. The molecule has 2 saturated carbocycles. The molecule has 0 aromatic heterocycles. The Bertz CT molecular complexity index is 1240. The third-order valence-corrected chi connectivity index (χ3v) is 9.39. The molecule has 1 aliphatic heterocycles. The van der Waals surface area contributed by atoms with Crippen LogP contribution in [-0.4, -0.2) is 64.8 Å². The highest BCUT2D eigenvalue weighted by Gasteiger charge is 2.70. The van der Waals surface area contributed by atoms with Crippen molar-refractivity contribution >= 4 is 29.6 Å². The van der Waals surface area contributed by atoms with Crippen molar-refractivity contribution in [3.63, 3.8) is 0 Å². The van der Waals surface area contributed by atoms with Gasteiger partial charge in [0.25, 0.3) is 5.91 Å². The minimum absolute atomic E-state index is 0.0975. The molecule has 3 aliphatic carbocycles. The summed E-state index contributed by atoms with van der Waals surface area (Å²) in [6, 6.07) is 5.25. The minimum Gasteiger partial charge on any atom is -0.444 e. The summed E-state index contributed by atoms with van der Waals surface area (Å²) in [4.78, 5) is 67.0. The molecule has 1 aromatic carbocycles. The van der Waals surface area contributed by atoms with E-state index in [1.807, 2.05) is 24.3 Å². The number of nitrogens with zero attached hydrogens (tertiary/aromatic N) is 1. The van der Waals surface area contributed by atoms with E-state index in [4.69, 9.17) is 10.5 Å². The smallest absolute Gasteiger partial charge is 0.408 e. The highest BCUT2D eigenvalue weighted by Crippen LogP contribution is 2.65. The molecular weight excluding hydrogens is 524 g/mol. The van der Waals surface area contributed by atoms with E-state index in [1.54, 1.807) is 25.7 Å². The number of Topliss-reactive ketones (excluding diaryl/α,β-unsaturated/α-hetero) is 1. The number of ether oxygens (including phenoxy) is 1. The number of rotatable bonds is 9. The number of fused-ring (bicyclic) bond motifs is 2. The maximum absolute atomic E-state index is 14.3. The first-order valence-electron chi connectivity index (χ1n) is 14.7. The molecule has 1 heterocycles. The summed E-state index contributed by atoms with van der Waals surface area (Å²) >= 11 is 0. The van der Waals surface area contributed by atoms with Crippen LogP contribution in [0.2, 0.25) is 0 Å². The first kappa shape index (κ1) is 29.1. The van der Waals surface area contributed by atoms with E-state index in [1.165, 1.54) is 0 Å². The number of benzene rings is 1. The first-order chi connectivity index (χ1) is 19.2. The number of primary amides is 1. The molecule has 3 fully saturated rings. The molecule has 222 valence electrons. The lowest BCUT2D eigenvalue weighted by Crippen LogP contribution is -2.59. The Hall–Kier alpha value is -3.43. The lowest BCUT2D eigenvalue weighted by atomic mass is 9.93. The molecule has 41 heavy (non-hydrogen) atoms. The zero-order chi connectivity index (χ0) is 29.9. The maximum Gasteiger partial charge on any atom is 0.408 e. The Morgan fingerprint density at radius 3 is 2.20 bits per heavy atom. The third kappa shape index (κ3) is 5.97. The van der Waals surface area contributed by atoms with Crippen molar-refractivity contribution in [1.82, 2.24) is 15.5 Å². The van der Waals surface area contributed by atoms with Crippen LogP contribution >= 0.6 is 0 Å². The predicted molar refractivity (Wildman–Crippen MR) is 150 cm³/mol. The zero-order valence-corrected chi connectivity index (χ0v) is 24.6. The monoisotopic (exact) mass is 566 g/mol. The number of ketones is 1. The molecule has 0 radical (unpaired) electrons. The summed E-state index contributed by atoms with van der Waals surface area (Å²) in [6.45, 7) is 9.80. The van der Waals surface area contributed by atoms with Crippen LogP contribution in [0.4, 0.5) is 4.79 Å². The van der Waals surface area contributed by atoms with Crippen LogP contribution in [0, 0.1) is 29.1 Å². The molecule has 4 amide bonds. The molecule has 5 atom stereocenters. The largest absolute Gasteiger partial charge is 0.444 e. The average molecular weight is 567 g/mol. The van der Waals surface area contributed by atoms with Crippen molar-refractivity contribution in [3.05, 3.63) is 35.4 Å². The maximum atomic E-state index is 14.3. The van der Waals surface area contributed by atoms with Gasteiger partial charge in [0.15, 0.2) is 0 Å². The van der Waals surface area contributed by atoms with E-state index < -0.39 is 47.4 Å². The summed E-state index contributed by atoms with van der Waals surface area (Å²) in [5.41, 5.74) is 6.66. The van der Waals surface area contributed by atoms with E-state index in [9.17, 15) is 24.0 Å². The van der Waals surface area contributed by atoms with Gasteiger partial charge in [0.05, 0.1) is 6.04 Å². The van der Waals surface area contributed by atoms with Gasteiger partial charge in [0, 0.05) is 6.54 Å². The van der Waals surface area contributed by atoms with Crippen LogP contribution in [0.25, 0.3) is 0 Å². The van der Waals surface area contributed by atoms with Crippen molar-refractivity contribution in [2.24, 2.45) is 34.8 Å². The van der Waals surface area contributed by atoms with Crippen LogP contribution in [0.1, 0.15) is 65.0 Å². The van der Waals surface area contributed by atoms with Gasteiger partial charge in [-0.05, 0) is 80.2 Å². The van der Waals surface area contributed by atoms with Gasteiger partial charge in [-0.15, -0.1) is 0 Å². The van der Waals surface area contributed by atoms with Crippen LogP contribution in [0.15, 0.2) is 24.3 Å². The van der Waals surface area contributed by atoms with E-state index in [2.05, 4.69) is 24.5 Å². The number of likely N-dealkylation sites (tertiary alicyclic amines) is 1. The normalized spacial score (nSPS) is 25.9. The number of piperidine rings is 1. The van der Waals surface area contributed by atoms with Gasteiger partial charge in [0.1, 0.15) is 17.7 Å². The fourth-order valence-electron chi connectivity index (χ4n) is 6.98. The fourth-order valence-corrected chi connectivity index (χ4v) is 6.98. The molecule has 10 heteroatoms. The van der Waals surface area contributed by atoms with Gasteiger partial charge in [0.2, 0.25) is 17.6 Å². The second kappa shape index (κ2) is 10.4. The van der Waals surface area contributed by atoms with Gasteiger partial charge in [-0.2, -0.15) is 0 Å². The molecule has 4 aliphatic rings. The van der Waals surface area contributed by atoms with Crippen molar-refractivity contribution < 1.29 is 28.7 Å². The Kier molecular flexibility index (Phi) is 7.40. The van der Waals surface area contributed by atoms with Crippen molar-refractivity contribution in [2.75, 3.05) is 6.54 Å². The Labute approximate surface area is 241 Å². The Balaban J connectivity index is 1.39. The lowest BCUT2D eigenvalue weighted by Gasteiger charge is -2.35. The molecule has 4 unspecified atom stereocenters. The number of nitrogens with one attached hydrogen (secondary N) is 2. The Morgan fingerprint density at radius 2 is 1.66 bits per heavy atom. The Morgan fingerprint density at radius 1 is 1.05 bits per heavy atom. The molecular formula is C31H42N4O6. The summed E-state index contributed by atoms with van der Waals surface area (Å²) < 4.78 is 5.52. The molecule has 4 N–H and O–H groups in total. The van der Waals surface area contributed by atoms with Gasteiger partial charge < -0.3 is 26.0 Å².